The summed E-state index contributed by atoms with van der Waals surface area (Å²) in [6.45, 7) is 1.51. The maximum atomic E-state index is 10.8. The van der Waals surface area contributed by atoms with Crippen LogP contribution in [0.25, 0.3) is 0 Å². The van der Waals surface area contributed by atoms with E-state index in [1.165, 1.54) is 0 Å². The minimum absolute atomic E-state index is 0.151. The zero-order valence-corrected chi connectivity index (χ0v) is 9.69. The van der Waals surface area contributed by atoms with Gasteiger partial charge in [-0.25, -0.2) is 0 Å². The summed E-state index contributed by atoms with van der Waals surface area (Å²) >= 11 is 1.88. The Hall–Kier alpha value is 0.297. The first-order valence-corrected chi connectivity index (χ1v) is 6.60. The molecule has 0 aromatic carbocycles. The molecule has 0 aromatic rings. The zero-order chi connectivity index (χ0) is 9.78. The molecule has 0 fully saturated rings. The predicted octanol–water partition coefficient (Wildman–Crippen LogP) is -0.731. The molecule has 7 heteroatoms. The summed E-state index contributed by atoms with van der Waals surface area (Å²) in [5.41, 5.74) is 0. The number of hydrogen-bond donors (Lipinski definition) is 3. The van der Waals surface area contributed by atoms with Gasteiger partial charge in [0.2, 0.25) is 0 Å². The van der Waals surface area contributed by atoms with Crippen molar-refractivity contribution in [2.75, 3.05) is 6.61 Å². The summed E-state index contributed by atoms with van der Waals surface area (Å²) in [7, 11) is -4.04. The highest BCUT2D eigenvalue weighted by molar-refractivity contribution is 14.1. The molecule has 0 spiro atoms. The molecule has 0 aromatic heterocycles. The monoisotopic (exact) mass is 306 g/mol. The largest absolute Gasteiger partial charge is 0.496 e. The number of hydrogen-bond acceptors (Lipinski definition) is 5. The normalized spacial score (nSPS) is 14.1. The zero-order valence-electron chi connectivity index (χ0n) is 6.53. The first-order valence-electron chi connectivity index (χ1n) is 3.31. The van der Waals surface area contributed by atoms with Gasteiger partial charge in [-0.2, -0.15) is 0 Å². The third kappa shape index (κ3) is 6.97. The van der Waals surface area contributed by atoms with Crippen LogP contribution in [0.5, 0.6) is 0 Å². The number of halogens is 1. The molecule has 3 N–H and O–H groups in total. The molecule has 1 unspecified atom stereocenters. The van der Waals surface area contributed by atoms with E-state index < -0.39 is 14.8 Å². The Labute approximate surface area is 84.9 Å². The molecule has 5 nitrogen and oxygen atoms in total. The van der Waals surface area contributed by atoms with Crippen molar-refractivity contribution in [2.45, 2.75) is 16.9 Å². The number of carbonyl (C=O) groups is 1. The second-order valence-corrected chi connectivity index (χ2v) is 6.22. The van der Waals surface area contributed by atoms with Crippen LogP contribution in [0.1, 0.15) is 6.92 Å². The third-order valence-corrected chi connectivity index (χ3v) is 2.39. The van der Waals surface area contributed by atoms with Crippen LogP contribution in [0.15, 0.2) is 0 Å². The van der Waals surface area contributed by atoms with Crippen molar-refractivity contribution in [1.29, 1.82) is 0 Å². The summed E-state index contributed by atoms with van der Waals surface area (Å²) < 4.78 is 4.32. The molecule has 0 heterocycles. The molecule has 0 aliphatic rings. The van der Waals surface area contributed by atoms with Crippen molar-refractivity contribution >= 4 is 37.4 Å². The van der Waals surface area contributed by atoms with Crippen LogP contribution in [-0.4, -0.2) is 39.7 Å². The van der Waals surface area contributed by atoms with E-state index >= 15 is 0 Å². The number of esters is 1. The first-order chi connectivity index (χ1) is 5.33. The highest BCUT2D eigenvalue weighted by Gasteiger charge is 2.27. The quantitative estimate of drug-likeness (QED) is 0.276. The lowest BCUT2D eigenvalue weighted by atomic mass is 10.5. The van der Waals surface area contributed by atoms with Crippen molar-refractivity contribution in [1.82, 2.24) is 0 Å². The summed E-state index contributed by atoms with van der Waals surface area (Å²) in [6.07, 6.45) is 0. The van der Waals surface area contributed by atoms with E-state index in [2.05, 4.69) is 4.74 Å². The fourth-order valence-corrected chi connectivity index (χ4v) is 0.959. The standard InChI is InChI=1S/C5H11IO5Si/c1-4(6)5(7)11-2-3-12(8,9)10/h4,8-10H,2-3H2,1H3. The molecular weight excluding hydrogens is 295 g/mol. The van der Waals surface area contributed by atoms with Crippen LogP contribution in [0.3, 0.4) is 0 Å². The Kier molecular flexibility index (Phi) is 5.25. The first kappa shape index (κ1) is 12.3. The van der Waals surface area contributed by atoms with Gasteiger partial charge in [-0.05, 0) is 6.92 Å². The van der Waals surface area contributed by atoms with Crippen LogP contribution in [0.4, 0.5) is 0 Å². The molecule has 0 aliphatic carbocycles. The molecule has 0 saturated carbocycles. The van der Waals surface area contributed by atoms with E-state index in [1.807, 2.05) is 22.6 Å². The molecule has 0 amide bonds. The maximum Gasteiger partial charge on any atom is 0.496 e. The van der Waals surface area contributed by atoms with Gasteiger partial charge in [-0.15, -0.1) is 0 Å². The molecule has 12 heavy (non-hydrogen) atoms. The molecule has 1 atom stereocenters. The average molecular weight is 306 g/mol. The molecule has 0 saturated heterocycles. The number of carbonyl (C=O) groups excluding carboxylic acids is 1. The second kappa shape index (κ2) is 5.12. The van der Waals surface area contributed by atoms with Crippen molar-refractivity contribution in [3.63, 3.8) is 0 Å². The topological polar surface area (TPSA) is 87.0 Å². The van der Waals surface area contributed by atoms with Crippen LogP contribution in [0, 0.1) is 0 Å². The van der Waals surface area contributed by atoms with Crippen molar-refractivity contribution in [3.8, 4) is 0 Å². The van der Waals surface area contributed by atoms with E-state index in [1.54, 1.807) is 6.92 Å². The van der Waals surface area contributed by atoms with Gasteiger partial charge in [-0.1, -0.05) is 22.6 Å². The van der Waals surface area contributed by atoms with Crippen LogP contribution in [0.2, 0.25) is 6.04 Å². The summed E-state index contributed by atoms with van der Waals surface area (Å²) in [6, 6.07) is -0.276. The Morgan fingerprint density at radius 2 is 2.08 bits per heavy atom. The Bertz CT molecular complexity index is 154. The van der Waals surface area contributed by atoms with Gasteiger partial charge in [0.15, 0.2) is 0 Å². The van der Waals surface area contributed by atoms with Gasteiger partial charge in [-0.3, -0.25) is 4.79 Å². The summed E-state index contributed by atoms with van der Waals surface area (Å²) in [5.74, 6) is -0.422. The third-order valence-electron chi connectivity index (χ3n) is 1.01. The molecular formula is C5H11IO5Si. The lowest BCUT2D eigenvalue weighted by Gasteiger charge is -2.10. The number of alkyl halides is 1. The minimum Gasteiger partial charge on any atom is -0.465 e. The van der Waals surface area contributed by atoms with Crippen molar-refractivity contribution < 1.29 is 23.9 Å². The Morgan fingerprint density at radius 3 is 2.42 bits per heavy atom. The van der Waals surface area contributed by atoms with Crippen molar-refractivity contribution in [2.24, 2.45) is 0 Å². The van der Waals surface area contributed by atoms with Gasteiger partial charge >= 0.3 is 14.8 Å². The number of ether oxygens (including phenoxy) is 1. The average Bonchev–Trinajstić information content (AvgIpc) is 1.84. The highest BCUT2D eigenvalue weighted by Crippen LogP contribution is 2.03. The van der Waals surface area contributed by atoms with E-state index in [0.717, 1.165) is 0 Å². The summed E-state index contributed by atoms with van der Waals surface area (Å²) in [5, 5.41) is 0. The van der Waals surface area contributed by atoms with Gasteiger partial charge < -0.3 is 19.1 Å². The van der Waals surface area contributed by atoms with E-state index in [0.29, 0.717) is 0 Å². The van der Waals surface area contributed by atoms with Gasteiger partial charge in [0.25, 0.3) is 0 Å². The molecule has 0 rings (SSSR count). The lowest BCUT2D eigenvalue weighted by molar-refractivity contribution is -0.141. The van der Waals surface area contributed by atoms with Crippen LogP contribution >= 0.6 is 22.6 Å². The smallest absolute Gasteiger partial charge is 0.465 e. The lowest BCUT2D eigenvalue weighted by Crippen LogP contribution is -2.36. The minimum atomic E-state index is -4.04. The van der Waals surface area contributed by atoms with E-state index in [9.17, 15) is 4.79 Å². The molecule has 0 aliphatic heterocycles. The van der Waals surface area contributed by atoms with E-state index in [4.69, 9.17) is 14.4 Å². The molecule has 0 bridgehead atoms. The highest BCUT2D eigenvalue weighted by atomic mass is 127. The predicted molar refractivity (Wildman–Crippen MR) is 51.7 cm³/mol. The Morgan fingerprint density at radius 1 is 1.58 bits per heavy atom. The Balaban J connectivity index is 3.51. The van der Waals surface area contributed by atoms with Crippen molar-refractivity contribution in [3.05, 3.63) is 0 Å². The molecule has 72 valence electrons. The van der Waals surface area contributed by atoms with Gasteiger partial charge in [0.1, 0.15) is 3.92 Å². The van der Waals surface area contributed by atoms with Crippen LogP contribution in [-0.2, 0) is 9.53 Å². The fraction of sp³-hybridized carbons (Fsp3) is 0.800. The van der Waals surface area contributed by atoms with Gasteiger partial charge in [0, 0.05) is 0 Å². The number of rotatable bonds is 4. The SMILES string of the molecule is CC(I)C(=O)OCC[Si](O)(O)O. The van der Waals surface area contributed by atoms with E-state index in [-0.39, 0.29) is 16.6 Å². The summed E-state index contributed by atoms with van der Waals surface area (Å²) in [4.78, 5) is 36.3. The van der Waals surface area contributed by atoms with Crippen LogP contribution < -0.4 is 0 Å². The maximum absolute atomic E-state index is 10.8. The molecule has 0 radical (unpaired) electrons. The van der Waals surface area contributed by atoms with Gasteiger partial charge in [0.05, 0.1) is 12.7 Å². The second-order valence-electron chi connectivity index (χ2n) is 2.31. The fourth-order valence-electron chi connectivity index (χ4n) is 0.403.